The Kier molecular flexibility index (Phi) is 6.49. The minimum Gasteiger partial charge on any atom is -0.492 e. The van der Waals surface area contributed by atoms with Crippen molar-refractivity contribution in [1.82, 2.24) is 4.90 Å². The van der Waals surface area contributed by atoms with Crippen molar-refractivity contribution in [3.8, 4) is 11.5 Å². The molecule has 0 aromatic heterocycles. The highest BCUT2D eigenvalue weighted by atomic mass is 16.5. The van der Waals surface area contributed by atoms with Crippen molar-refractivity contribution in [2.45, 2.75) is 33.1 Å². The van der Waals surface area contributed by atoms with Gasteiger partial charge in [0.1, 0.15) is 18.0 Å². The number of rotatable bonds is 5. The van der Waals surface area contributed by atoms with Gasteiger partial charge in [-0.15, -0.1) is 0 Å². The summed E-state index contributed by atoms with van der Waals surface area (Å²) in [5.74, 6) is 1.28. The number of benzene rings is 2. The van der Waals surface area contributed by atoms with Crippen LogP contribution in [0.5, 0.6) is 11.5 Å². The zero-order valence-electron chi connectivity index (χ0n) is 20.0. The topological polar surface area (TPSA) is 62.3 Å². The number of hydrogen-bond acceptors (Lipinski definition) is 5. The fraction of sp³-hybridized carbons (Fsp3) is 0.462. The summed E-state index contributed by atoms with van der Waals surface area (Å²) < 4.78 is 11.4. The van der Waals surface area contributed by atoms with E-state index in [1.165, 1.54) is 0 Å². The first-order valence-corrected chi connectivity index (χ1v) is 11.6. The maximum Gasteiger partial charge on any atom is 0.265 e. The Morgan fingerprint density at radius 2 is 1.76 bits per heavy atom. The summed E-state index contributed by atoms with van der Waals surface area (Å²) in [7, 11) is 0. The third-order valence-electron chi connectivity index (χ3n) is 6.20. The Balaban J connectivity index is 1.44. The van der Waals surface area contributed by atoms with Gasteiger partial charge in [-0.05, 0) is 42.2 Å². The normalized spacial score (nSPS) is 16.4. The molecule has 0 saturated carbocycles. The maximum absolute atomic E-state index is 13.2. The number of carbonyl (C=O) groups excluding carboxylic acids is 2. The van der Waals surface area contributed by atoms with E-state index < -0.39 is 0 Å². The molecular weight excluding hydrogens is 418 g/mol. The van der Waals surface area contributed by atoms with E-state index in [-0.39, 0.29) is 30.4 Å². The highest BCUT2D eigenvalue weighted by Gasteiger charge is 2.31. The van der Waals surface area contributed by atoms with E-state index in [0.717, 1.165) is 30.1 Å². The fourth-order valence-electron chi connectivity index (χ4n) is 4.27. The molecule has 1 fully saturated rings. The molecule has 2 aromatic carbocycles. The molecule has 0 radical (unpaired) electrons. The molecule has 33 heavy (non-hydrogen) atoms. The number of fused-ring (bicyclic) bond motifs is 1. The molecule has 2 amide bonds. The number of carbonyl (C=O) groups is 2. The van der Waals surface area contributed by atoms with E-state index in [4.69, 9.17) is 9.47 Å². The second-order valence-corrected chi connectivity index (χ2v) is 9.47. The quantitative estimate of drug-likeness (QED) is 0.697. The molecule has 0 spiro atoms. The molecule has 0 N–H and O–H groups in total. The minimum atomic E-state index is -0.189. The highest BCUT2D eigenvalue weighted by Crippen LogP contribution is 2.36. The molecule has 2 heterocycles. The number of ether oxygens (including phenoxy) is 2. The van der Waals surface area contributed by atoms with Gasteiger partial charge in [0, 0.05) is 26.2 Å². The summed E-state index contributed by atoms with van der Waals surface area (Å²) in [5, 5.41) is 0. The summed E-state index contributed by atoms with van der Waals surface area (Å²) in [6.45, 7) is 11.6. The zero-order valence-corrected chi connectivity index (χ0v) is 20.0. The van der Waals surface area contributed by atoms with E-state index >= 15 is 0 Å². The van der Waals surface area contributed by atoms with Crippen LogP contribution in [0.25, 0.3) is 0 Å². The predicted octanol–water partition coefficient (Wildman–Crippen LogP) is 3.46. The fourth-order valence-corrected chi connectivity index (χ4v) is 4.27. The van der Waals surface area contributed by atoms with Gasteiger partial charge in [-0.3, -0.25) is 14.5 Å². The van der Waals surface area contributed by atoms with Crippen molar-refractivity contribution < 1.29 is 19.1 Å². The van der Waals surface area contributed by atoms with Gasteiger partial charge >= 0.3 is 0 Å². The van der Waals surface area contributed by atoms with Crippen LogP contribution in [0.15, 0.2) is 42.5 Å². The number of anilines is 2. The molecule has 7 nitrogen and oxygen atoms in total. The molecule has 0 unspecified atom stereocenters. The van der Waals surface area contributed by atoms with Gasteiger partial charge in [-0.2, -0.15) is 0 Å². The molecule has 0 aliphatic carbocycles. The lowest BCUT2D eigenvalue weighted by molar-refractivity contribution is -0.132. The van der Waals surface area contributed by atoms with Crippen LogP contribution in [-0.4, -0.2) is 62.7 Å². The van der Waals surface area contributed by atoms with Crippen molar-refractivity contribution in [3.63, 3.8) is 0 Å². The van der Waals surface area contributed by atoms with E-state index in [2.05, 4.69) is 31.7 Å². The summed E-state index contributed by atoms with van der Waals surface area (Å²) in [5.41, 5.74) is 2.76. The highest BCUT2D eigenvalue weighted by molar-refractivity contribution is 6.02. The SMILES string of the molecule is CCOc1ccccc1N1CCN(C(=O)CN2C(=O)COc3ccc(C(C)(C)C)cc32)CC1. The number of piperazine rings is 1. The third kappa shape index (κ3) is 4.92. The second-order valence-electron chi connectivity index (χ2n) is 9.47. The Labute approximate surface area is 195 Å². The van der Waals surface area contributed by atoms with Gasteiger partial charge in [0.25, 0.3) is 5.91 Å². The molecular formula is C26H33N3O4. The lowest BCUT2D eigenvalue weighted by Gasteiger charge is -2.38. The van der Waals surface area contributed by atoms with E-state index in [1.54, 1.807) is 4.90 Å². The minimum absolute atomic E-state index is 0.0261. The van der Waals surface area contributed by atoms with Crippen molar-refractivity contribution in [1.29, 1.82) is 0 Å². The summed E-state index contributed by atoms with van der Waals surface area (Å²) in [6.07, 6.45) is 0. The Morgan fingerprint density at radius 3 is 2.45 bits per heavy atom. The molecule has 7 heteroatoms. The van der Waals surface area contributed by atoms with Crippen LogP contribution in [0, 0.1) is 0 Å². The average molecular weight is 452 g/mol. The summed E-state index contributed by atoms with van der Waals surface area (Å²) >= 11 is 0. The van der Waals surface area contributed by atoms with Gasteiger partial charge in [-0.1, -0.05) is 39.0 Å². The van der Waals surface area contributed by atoms with Gasteiger partial charge in [0.15, 0.2) is 6.61 Å². The molecule has 2 aromatic rings. The van der Waals surface area contributed by atoms with Crippen LogP contribution in [0.2, 0.25) is 0 Å². The van der Waals surface area contributed by atoms with Crippen LogP contribution >= 0.6 is 0 Å². The molecule has 1 saturated heterocycles. The molecule has 176 valence electrons. The van der Waals surface area contributed by atoms with E-state index in [1.807, 2.05) is 48.2 Å². The Bertz CT molecular complexity index is 1020. The summed E-state index contributed by atoms with van der Waals surface area (Å²) in [4.78, 5) is 31.5. The Morgan fingerprint density at radius 1 is 1.03 bits per heavy atom. The molecule has 4 rings (SSSR count). The van der Waals surface area contributed by atoms with Gasteiger partial charge in [0.2, 0.25) is 5.91 Å². The van der Waals surface area contributed by atoms with Crippen LogP contribution in [0.4, 0.5) is 11.4 Å². The first-order chi connectivity index (χ1) is 15.8. The van der Waals surface area contributed by atoms with Gasteiger partial charge in [-0.25, -0.2) is 0 Å². The molecule has 2 aliphatic heterocycles. The Hall–Kier alpha value is -3.22. The van der Waals surface area contributed by atoms with E-state index in [0.29, 0.717) is 31.1 Å². The first kappa shape index (κ1) is 23.0. The van der Waals surface area contributed by atoms with Crippen molar-refractivity contribution in [3.05, 3.63) is 48.0 Å². The van der Waals surface area contributed by atoms with Crippen LogP contribution in [0.1, 0.15) is 33.3 Å². The summed E-state index contributed by atoms with van der Waals surface area (Å²) in [6, 6.07) is 13.9. The van der Waals surface area contributed by atoms with Crippen LogP contribution in [0.3, 0.4) is 0 Å². The largest absolute Gasteiger partial charge is 0.492 e. The van der Waals surface area contributed by atoms with Gasteiger partial charge in [0.05, 0.1) is 18.0 Å². The monoisotopic (exact) mass is 451 g/mol. The molecule has 0 bridgehead atoms. The van der Waals surface area contributed by atoms with E-state index in [9.17, 15) is 9.59 Å². The smallest absolute Gasteiger partial charge is 0.265 e. The maximum atomic E-state index is 13.2. The van der Waals surface area contributed by atoms with Crippen molar-refractivity contribution in [2.24, 2.45) is 0 Å². The second kappa shape index (κ2) is 9.33. The number of amides is 2. The standard InChI is InChI=1S/C26H33N3O4/c1-5-32-22-9-7-6-8-20(22)27-12-14-28(15-13-27)24(30)17-29-21-16-19(26(2,3)4)10-11-23(21)33-18-25(29)31/h6-11,16H,5,12-15,17-18H2,1-4H3. The van der Waals surface area contributed by atoms with Crippen molar-refractivity contribution in [2.75, 3.05) is 55.7 Å². The lowest BCUT2D eigenvalue weighted by Crippen LogP contribution is -2.53. The number of hydrogen-bond donors (Lipinski definition) is 0. The van der Waals surface area contributed by atoms with Crippen LogP contribution < -0.4 is 19.3 Å². The number of para-hydroxylation sites is 2. The zero-order chi connectivity index (χ0) is 23.6. The average Bonchev–Trinajstić information content (AvgIpc) is 2.80. The van der Waals surface area contributed by atoms with Crippen LogP contribution in [-0.2, 0) is 15.0 Å². The van der Waals surface area contributed by atoms with Crippen molar-refractivity contribution >= 4 is 23.2 Å². The number of nitrogens with zero attached hydrogens (tertiary/aromatic N) is 3. The van der Waals surface area contributed by atoms with Gasteiger partial charge < -0.3 is 19.3 Å². The third-order valence-corrected chi connectivity index (χ3v) is 6.20. The lowest BCUT2D eigenvalue weighted by atomic mass is 9.86. The molecule has 2 aliphatic rings. The molecule has 0 atom stereocenters. The predicted molar refractivity (Wildman–Crippen MR) is 129 cm³/mol. The first-order valence-electron chi connectivity index (χ1n) is 11.6.